The fourth-order valence-corrected chi connectivity index (χ4v) is 4.86. The molecule has 8 nitrogen and oxygen atoms in total. The van der Waals surface area contributed by atoms with Gasteiger partial charge >= 0.3 is 6.18 Å². The van der Waals surface area contributed by atoms with E-state index in [4.69, 9.17) is 33.8 Å². The van der Waals surface area contributed by atoms with Crippen LogP contribution < -0.4 is 10.5 Å². The van der Waals surface area contributed by atoms with E-state index < -0.39 is 43.6 Å². The number of rotatable bonds is 6. The van der Waals surface area contributed by atoms with Crippen LogP contribution in [-0.4, -0.2) is 38.0 Å². The number of halogens is 5. The van der Waals surface area contributed by atoms with E-state index in [2.05, 4.69) is 19.9 Å². The molecule has 3 N–H and O–H groups in total. The molecule has 0 saturated heterocycles. The van der Waals surface area contributed by atoms with Crippen molar-refractivity contribution < 1.29 is 26.4 Å². The van der Waals surface area contributed by atoms with Crippen molar-refractivity contribution in [3.8, 4) is 0 Å². The van der Waals surface area contributed by atoms with Gasteiger partial charge in [0.05, 0.1) is 27.2 Å². The Labute approximate surface area is 203 Å². The van der Waals surface area contributed by atoms with Crippen molar-refractivity contribution >= 4 is 50.5 Å². The molecule has 1 aliphatic rings. The van der Waals surface area contributed by atoms with Gasteiger partial charge in [0, 0.05) is 28.9 Å². The van der Waals surface area contributed by atoms with Gasteiger partial charge in [-0.25, -0.2) is 18.1 Å². The molecule has 0 amide bonds. The maximum atomic E-state index is 13.3. The molecule has 2 heterocycles. The smallest absolute Gasteiger partial charge is 0.399 e. The van der Waals surface area contributed by atoms with E-state index in [0.717, 1.165) is 12.1 Å². The summed E-state index contributed by atoms with van der Waals surface area (Å²) in [6, 6.07) is 4.21. The summed E-state index contributed by atoms with van der Waals surface area (Å²) >= 11 is 11.8. The summed E-state index contributed by atoms with van der Waals surface area (Å²) in [5.41, 5.74) is 5.12. The van der Waals surface area contributed by atoms with Crippen LogP contribution in [0, 0.1) is 5.92 Å². The van der Waals surface area contributed by atoms with Crippen LogP contribution in [-0.2, 0) is 21.0 Å². The number of oxime groups is 1. The zero-order chi connectivity index (χ0) is 25.3. The molecule has 1 aromatic heterocycles. The van der Waals surface area contributed by atoms with Gasteiger partial charge in [-0.1, -0.05) is 35.3 Å². The van der Waals surface area contributed by atoms with E-state index >= 15 is 0 Å². The van der Waals surface area contributed by atoms with Crippen molar-refractivity contribution in [2.24, 2.45) is 16.1 Å². The summed E-state index contributed by atoms with van der Waals surface area (Å²) in [5.74, 6) is -0.489. The maximum Gasteiger partial charge on any atom is 0.417 e. The molecule has 3 rings (SSSR count). The van der Waals surface area contributed by atoms with Gasteiger partial charge in [0.25, 0.3) is 0 Å². The number of alkyl halides is 3. The minimum absolute atomic E-state index is 0.109. The average Bonchev–Trinajstić information content (AvgIpc) is 2.75. The molecule has 1 aliphatic heterocycles. The lowest BCUT2D eigenvalue weighted by Gasteiger charge is -2.29. The van der Waals surface area contributed by atoms with Crippen LogP contribution in [0.3, 0.4) is 0 Å². The number of benzene rings is 1. The van der Waals surface area contributed by atoms with E-state index in [9.17, 15) is 21.6 Å². The van der Waals surface area contributed by atoms with Crippen molar-refractivity contribution in [1.82, 2.24) is 9.71 Å². The number of hydrogen-bond donors (Lipinski definition) is 2. The largest absolute Gasteiger partial charge is 0.417 e. The van der Waals surface area contributed by atoms with Crippen LogP contribution in [0.1, 0.15) is 18.1 Å². The van der Waals surface area contributed by atoms with Crippen molar-refractivity contribution in [2.45, 2.75) is 24.0 Å². The Morgan fingerprint density at radius 3 is 2.56 bits per heavy atom. The van der Waals surface area contributed by atoms with E-state index in [0.29, 0.717) is 11.6 Å². The number of hydrogen-bond acceptors (Lipinski definition) is 7. The minimum atomic E-state index is -4.85. The summed E-state index contributed by atoms with van der Waals surface area (Å²) in [7, 11) is -3.21. The number of nitrogen functional groups attached to an aromatic ring is 1. The molecular weight excluding hydrogens is 518 g/mol. The van der Waals surface area contributed by atoms with Gasteiger partial charge in [0.1, 0.15) is 18.6 Å². The first-order chi connectivity index (χ1) is 15.8. The number of aliphatic imine (C=N–C) groups is 1. The Bertz CT molecular complexity index is 1300. The zero-order valence-electron chi connectivity index (χ0n) is 17.6. The van der Waals surface area contributed by atoms with Gasteiger partial charge in [-0.15, -0.1) is 0 Å². The maximum absolute atomic E-state index is 13.3. The first-order valence-electron chi connectivity index (χ1n) is 9.51. The topological polar surface area (TPSA) is 119 Å². The number of nitrogens with zero attached hydrogens (tertiary/aromatic N) is 3. The zero-order valence-corrected chi connectivity index (χ0v) is 20.0. The molecule has 2 aromatic rings. The SMILES string of the molecule is CO/N=C(/C1=NC=C(Cl)C(C)C1NS(=O)(=O)c1ccc(Cl)c(C(F)(F)F)c1)c1ccnc(N)c1. The van der Waals surface area contributed by atoms with E-state index in [1.807, 2.05) is 0 Å². The lowest BCUT2D eigenvalue weighted by molar-refractivity contribution is -0.137. The summed E-state index contributed by atoms with van der Waals surface area (Å²) in [4.78, 5) is 12.4. The number of nitrogens with one attached hydrogen (secondary N) is 1. The Hall–Kier alpha value is -2.67. The predicted octanol–water partition coefficient (Wildman–Crippen LogP) is 4.20. The van der Waals surface area contributed by atoms with Crippen LogP contribution in [0.4, 0.5) is 19.0 Å². The van der Waals surface area contributed by atoms with Crippen LogP contribution in [0.15, 0.2) is 62.8 Å². The van der Waals surface area contributed by atoms with E-state index in [1.54, 1.807) is 13.0 Å². The molecule has 2 atom stereocenters. The normalized spacial score (nSPS) is 19.4. The van der Waals surface area contributed by atoms with Crippen molar-refractivity contribution in [3.63, 3.8) is 0 Å². The molecule has 34 heavy (non-hydrogen) atoms. The molecule has 0 radical (unpaired) electrons. The number of sulfonamides is 1. The quantitative estimate of drug-likeness (QED) is 0.424. The van der Waals surface area contributed by atoms with Crippen LogP contribution in [0.2, 0.25) is 5.02 Å². The second kappa shape index (κ2) is 9.90. The highest BCUT2D eigenvalue weighted by atomic mass is 35.5. The molecular formula is C20H18Cl2F3N5O3S. The van der Waals surface area contributed by atoms with Crippen molar-refractivity contribution in [1.29, 1.82) is 0 Å². The van der Waals surface area contributed by atoms with Crippen LogP contribution in [0.25, 0.3) is 0 Å². The van der Waals surface area contributed by atoms with Gasteiger partial charge in [-0.2, -0.15) is 13.2 Å². The highest BCUT2D eigenvalue weighted by molar-refractivity contribution is 7.89. The Morgan fingerprint density at radius 2 is 1.94 bits per heavy atom. The molecule has 0 aliphatic carbocycles. The van der Waals surface area contributed by atoms with Crippen LogP contribution >= 0.6 is 23.2 Å². The Morgan fingerprint density at radius 1 is 1.24 bits per heavy atom. The van der Waals surface area contributed by atoms with Crippen molar-refractivity contribution in [2.75, 3.05) is 12.8 Å². The number of aromatic nitrogens is 1. The number of nitrogens with two attached hydrogens (primary N) is 1. The lowest BCUT2D eigenvalue weighted by atomic mass is 9.91. The second-order valence-electron chi connectivity index (χ2n) is 7.15. The number of anilines is 1. The molecule has 0 fully saturated rings. The molecule has 0 spiro atoms. The average molecular weight is 536 g/mol. The van der Waals surface area contributed by atoms with E-state index in [1.165, 1.54) is 25.6 Å². The van der Waals surface area contributed by atoms with Gasteiger partial charge in [0.15, 0.2) is 0 Å². The van der Waals surface area contributed by atoms with E-state index in [-0.39, 0.29) is 22.3 Å². The third-order valence-electron chi connectivity index (χ3n) is 4.87. The standard InChI is InChI=1S/C20H18Cl2F3N5O3S/c1-10-15(22)9-28-19(18(29-33-2)11-5-6-27-16(26)7-11)17(10)30-34(31,32)12-3-4-14(21)13(8-12)20(23,24)25/h3-10,17,30H,1-2H3,(H2,26,27)/b29-18+. The predicted molar refractivity (Wildman–Crippen MR) is 123 cm³/mol. The first-order valence-corrected chi connectivity index (χ1v) is 11.7. The summed E-state index contributed by atoms with van der Waals surface area (Å²) in [6.07, 6.45) is -2.11. The minimum Gasteiger partial charge on any atom is -0.399 e. The van der Waals surface area contributed by atoms with Gasteiger partial charge in [-0.3, -0.25) is 4.99 Å². The number of pyridine rings is 1. The molecule has 14 heteroatoms. The van der Waals surface area contributed by atoms with Gasteiger partial charge in [-0.05, 0) is 30.3 Å². The van der Waals surface area contributed by atoms with Crippen molar-refractivity contribution in [3.05, 3.63) is 63.9 Å². The lowest BCUT2D eigenvalue weighted by Crippen LogP contribution is -2.49. The monoisotopic (exact) mass is 535 g/mol. The Balaban J connectivity index is 2.07. The van der Waals surface area contributed by atoms with Crippen LogP contribution in [0.5, 0.6) is 0 Å². The highest BCUT2D eigenvalue weighted by Gasteiger charge is 2.38. The fourth-order valence-electron chi connectivity index (χ4n) is 3.15. The molecule has 1 aromatic carbocycles. The third-order valence-corrected chi connectivity index (χ3v) is 7.08. The Kier molecular flexibility index (Phi) is 7.56. The second-order valence-corrected chi connectivity index (χ2v) is 9.70. The third kappa shape index (κ3) is 5.52. The van der Waals surface area contributed by atoms with Gasteiger partial charge in [0.2, 0.25) is 10.0 Å². The summed E-state index contributed by atoms with van der Waals surface area (Å²) < 4.78 is 68.4. The fraction of sp³-hybridized carbons (Fsp3) is 0.250. The van der Waals surface area contributed by atoms with Gasteiger partial charge < -0.3 is 10.6 Å². The summed E-state index contributed by atoms with van der Waals surface area (Å²) in [5, 5.41) is 3.55. The molecule has 2 unspecified atom stereocenters. The molecule has 0 saturated carbocycles. The molecule has 0 bridgehead atoms. The highest BCUT2D eigenvalue weighted by Crippen LogP contribution is 2.36. The summed E-state index contributed by atoms with van der Waals surface area (Å²) in [6.45, 7) is 1.62. The molecule has 182 valence electrons. The first kappa shape index (κ1) is 25.9.